The molecule has 1 aromatic rings. The van der Waals surface area contributed by atoms with Crippen LogP contribution in [-0.2, 0) is 0 Å². The van der Waals surface area contributed by atoms with Crippen LogP contribution >= 0.6 is 15.9 Å². The second-order valence-corrected chi connectivity index (χ2v) is 3.76. The van der Waals surface area contributed by atoms with Crippen LogP contribution in [0.25, 0.3) is 0 Å². The van der Waals surface area contributed by atoms with Crippen molar-refractivity contribution in [1.29, 1.82) is 0 Å². The van der Waals surface area contributed by atoms with Crippen molar-refractivity contribution in [3.63, 3.8) is 0 Å². The molecule has 0 saturated carbocycles. The van der Waals surface area contributed by atoms with E-state index in [1.165, 1.54) is 0 Å². The van der Waals surface area contributed by atoms with Crippen molar-refractivity contribution in [1.82, 2.24) is 0 Å². The molecule has 78 valence electrons. The van der Waals surface area contributed by atoms with Crippen molar-refractivity contribution in [3.05, 3.63) is 33.8 Å². The molecule has 0 heterocycles. The Hall–Kier alpha value is -0.520. The molecule has 0 aliphatic rings. The average molecular weight is 266 g/mol. The third kappa shape index (κ3) is 2.29. The van der Waals surface area contributed by atoms with Gasteiger partial charge in [0.1, 0.15) is 0 Å². The molecule has 0 radical (unpaired) electrons. The Bertz CT molecular complexity index is 329. The number of hydrogen-bond acceptors (Lipinski definition) is 2. The zero-order valence-electron chi connectivity index (χ0n) is 7.30. The number of rotatable bonds is 3. The number of aliphatic hydroxyl groups is 1. The molecular weight excluding hydrogens is 256 g/mol. The van der Waals surface area contributed by atoms with Crippen molar-refractivity contribution in [3.8, 4) is 0 Å². The largest absolute Gasteiger partial charge is 0.396 e. The molecule has 14 heavy (non-hydrogen) atoms. The Morgan fingerprint density at radius 2 is 1.93 bits per heavy atom. The molecule has 0 spiro atoms. The molecule has 0 aromatic heterocycles. The van der Waals surface area contributed by atoms with Gasteiger partial charge in [0.25, 0.3) is 0 Å². The standard InChI is InChI=1S/C9H10BrF2NO/c10-7-2-9(12)8(11)1-6(7)5(3-13)4-14/h1-2,5,14H,3-4,13H2. The number of nitrogens with two attached hydrogens (primary N) is 1. The minimum Gasteiger partial charge on any atom is -0.396 e. The third-order valence-corrected chi connectivity index (χ3v) is 2.67. The lowest BCUT2D eigenvalue weighted by molar-refractivity contribution is 0.267. The Morgan fingerprint density at radius 3 is 2.43 bits per heavy atom. The van der Waals surface area contributed by atoms with Crippen molar-refractivity contribution in [2.75, 3.05) is 13.2 Å². The normalized spacial score (nSPS) is 12.9. The van der Waals surface area contributed by atoms with Crippen LogP contribution in [0.15, 0.2) is 16.6 Å². The molecule has 5 heteroatoms. The van der Waals surface area contributed by atoms with E-state index < -0.39 is 11.6 Å². The highest BCUT2D eigenvalue weighted by atomic mass is 79.9. The molecule has 0 fully saturated rings. The Morgan fingerprint density at radius 1 is 1.36 bits per heavy atom. The Kier molecular flexibility index (Phi) is 3.97. The van der Waals surface area contributed by atoms with E-state index in [1.54, 1.807) is 0 Å². The summed E-state index contributed by atoms with van der Waals surface area (Å²) in [6, 6.07) is 2.08. The van der Waals surface area contributed by atoms with Crippen LogP contribution < -0.4 is 5.73 Å². The van der Waals surface area contributed by atoms with E-state index in [9.17, 15) is 8.78 Å². The monoisotopic (exact) mass is 265 g/mol. The van der Waals surface area contributed by atoms with Gasteiger partial charge in [-0.05, 0) is 17.7 Å². The summed E-state index contributed by atoms with van der Waals surface area (Å²) in [6.45, 7) is -0.0135. The summed E-state index contributed by atoms with van der Waals surface area (Å²) in [7, 11) is 0. The van der Waals surface area contributed by atoms with Gasteiger partial charge >= 0.3 is 0 Å². The van der Waals surface area contributed by atoms with Crippen LogP contribution in [-0.4, -0.2) is 18.3 Å². The van der Waals surface area contributed by atoms with Crippen LogP contribution in [0.5, 0.6) is 0 Å². The highest BCUT2D eigenvalue weighted by Crippen LogP contribution is 2.26. The zero-order valence-corrected chi connectivity index (χ0v) is 8.89. The minimum absolute atomic E-state index is 0.181. The van der Waals surface area contributed by atoms with Crippen LogP contribution in [0.3, 0.4) is 0 Å². The summed E-state index contributed by atoms with van der Waals surface area (Å²) in [6.07, 6.45) is 0. The van der Waals surface area contributed by atoms with Crippen LogP contribution in [0, 0.1) is 11.6 Å². The van der Waals surface area contributed by atoms with Gasteiger partial charge in [0.15, 0.2) is 11.6 Å². The average Bonchev–Trinajstić information content (AvgIpc) is 2.15. The lowest BCUT2D eigenvalue weighted by Crippen LogP contribution is -2.17. The van der Waals surface area contributed by atoms with Crippen LogP contribution in [0.4, 0.5) is 8.78 Å². The summed E-state index contributed by atoms with van der Waals surface area (Å²) in [4.78, 5) is 0. The highest BCUT2D eigenvalue weighted by molar-refractivity contribution is 9.10. The topological polar surface area (TPSA) is 46.2 Å². The SMILES string of the molecule is NCC(CO)c1cc(F)c(F)cc1Br. The van der Waals surface area contributed by atoms with Gasteiger partial charge in [-0.1, -0.05) is 15.9 Å². The van der Waals surface area contributed by atoms with E-state index in [4.69, 9.17) is 10.8 Å². The maximum absolute atomic E-state index is 12.9. The predicted octanol–water partition coefficient (Wildman–Crippen LogP) is 1.76. The van der Waals surface area contributed by atoms with Crippen LogP contribution in [0.1, 0.15) is 11.5 Å². The summed E-state index contributed by atoms with van der Waals surface area (Å²) >= 11 is 3.09. The maximum atomic E-state index is 12.9. The third-order valence-electron chi connectivity index (χ3n) is 1.98. The quantitative estimate of drug-likeness (QED) is 0.819. The molecule has 0 saturated heterocycles. The minimum atomic E-state index is -0.935. The molecule has 1 aromatic carbocycles. The molecule has 0 aliphatic carbocycles. The van der Waals surface area contributed by atoms with Crippen molar-refractivity contribution >= 4 is 15.9 Å². The molecule has 0 aliphatic heterocycles. The molecule has 0 amide bonds. The number of benzene rings is 1. The second-order valence-electron chi connectivity index (χ2n) is 2.90. The first kappa shape index (κ1) is 11.6. The molecular formula is C9H10BrF2NO. The first-order chi connectivity index (χ1) is 6.60. The second kappa shape index (κ2) is 4.82. The molecule has 1 rings (SSSR count). The van der Waals surface area contributed by atoms with Gasteiger partial charge < -0.3 is 10.8 Å². The molecule has 0 bridgehead atoms. The lowest BCUT2D eigenvalue weighted by atomic mass is 10.00. The summed E-state index contributed by atoms with van der Waals surface area (Å²) in [5, 5.41) is 8.95. The fraction of sp³-hybridized carbons (Fsp3) is 0.333. The first-order valence-electron chi connectivity index (χ1n) is 4.05. The Labute approximate surface area is 88.9 Å². The molecule has 1 atom stereocenters. The van der Waals surface area contributed by atoms with Gasteiger partial charge in [-0.2, -0.15) is 0 Å². The summed E-state index contributed by atoms with van der Waals surface area (Å²) < 4.78 is 26.0. The Balaban J connectivity index is 3.14. The highest BCUT2D eigenvalue weighted by Gasteiger charge is 2.15. The smallest absolute Gasteiger partial charge is 0.159 e. The fourth-order valence-electron chi connectivity index (χ4n) is 1.15. The molecule has 1 unspecified atom stereocenters. The molecule has 2 nitrogen and oxygen atoms in total. The fourth-order valence-corrected chi connectivity index (χ4v) is 1.79. The first-order valence-corrected chi connectivity index (χ1v) is 4.84. The summed E-state index contributed by atoms with van der Waals surface area (Å²) in [5.41, 5.74) is 5.86. The van der Waals surface area contributed by atoms with Gasteiger partial charge in [0, 0.05) is 16.9 Å². The van der Waals surface area contributed by atoms with Gasteiger partial charge in [0.2, 0.25) is 0 Å². The van der Waals surface area contributed by atoms with Crippen molar-refractivity contribution in [2.24, 2.45) is 5.73 Å². The van der Waals surface area contributed by atoms with Gasteiger partial charge in [0.05, 0.1) is 6.61 Å². The van der Waals surface area contributed by atoms with E-state index in [0.717, 1.165) is 12.1 Å². The van der Waals surface area contributed by atoms with Crippen LogP contribution in [0.2, 0.25) is 0 Å². The van der Waals surface area contributed by atoms with E-state index in [1.807, 2.05) is 0 Å². The van der Waals surface area contributed by atoms with E-state index >= 15 is 0 Å². The van der Waals surface area contributed by atoms with Crippen molar-refractivity contribution in [2.45, 2.75) is 5.92 Å². The van der Waals surface area contributed by atoms with E-state index in [0.29, 0.717) is 10.0 Å². The number of hydrogen-bond donors (Lipinski definition) is 2. The summed E-state index contributed by atoms with van der Waals surface area (Å²) in [5.74, 6) is -2.23. The molecule has 3 N–H and O–H groups in total. The van der Waals surface area contributed by atoms with Gasteiger partial charge in [-0.3, -0.25) is 0 Å². The van der Waals surface area contributed by atoms with E-state index in [2.05, 4.69) is 15.9 Å². The number of halogens is 3. The predicted molar refractivity (Wildman–Crippen MR) is 52.9 cm³/mol. The zero-order chi connectivity index (χ0) is 10.7. The maximum Gasteiger partial charge on any atom is 0.159 e. The number of aliphatic hydroxyl groups excluding tert-OH is 1. The van der Waals surface area contributed by atoms with Gasteiger partial charge in [-0.25, -0.2) is 8.78 Å². The van der Waals surface area contributed by atoms with Gasteiger partial charge in [-0.15, -0.1) is 0 Å². The van der Waals surface area contributed by atoms with E-state index in [-0.39, 0.29) is 19.1 Å². The lowest BCUT2D eigenvalue weighted by Gasteiger charge is -2.14. The van der Waals surface area contributed by atoms with Crippen molar-refractivity contribution < 1.29 is 13.9 Å².